The van der Waals surface area contributed by atoms with Gasteiger partial charge in [-0.3, -0.25) is 14.2 Å². The molecule has 0 unspecified atom stereocenters. The fourth-order valence-corrected chi connectivity index (χ4v) is 5.45. The number of imidazole rings is 1. The van der Waals surface area contributed by atoms with Crippen molar-refractivity contribution in [1.29, 1.82) is 0 Å². The third-order valence-electron chi connectivity index (χ3n) is 5.71. The van der Waals surface area contributed by atoms with Crippen LogP contribution in [0.4, 0.5) is 5.69 Å². The fourth-order valence-electron chi connectivity index (χ4n) is 4.04. The lowest BCUT2D eigenvalue weighted by Gasteiger charge is -2.22. The largest absolute Gasteiger partial charge is 0.328 e. The summed E-state index contributed by atoms with van der Waals surface area (Å²) in [5.74, 6) is 0.392. The molecule has 1 fully saturated rings. The van der Waals surface area contributed by atoms with Gasteiger partial charge in [-0.1, -0.05) is 18.2 Å². The summed E-state index contributed by atoms with van der Waals surface area (Å²) in [6.45, 7) is 1.69. The quantitative estimate of drug-likeness (QED) is 0.496. The number of anilines is 1. The van der Waals surface area contributed by atoms with Crippen LogP contribution in [0.3, 0.4) is 0 Å². The van der Waals surface area contributed by atoms with E-state index in [-0.39, 0.29) is 17.4 Å². The molecule has 0 radical (unpaired) electrons. The first-order valence-electron chi connectivity index (χ1n) is 10.1. The maximum Gasteiger partial charge on any atom is 0.292 e. The highest BCUT2D eigenvalue weighted by molar-refractivity contribution is 7.91. The van der Waals surface area contributed by atoms with E-state index in [1.54, 1.807) is 16.8 Å². The third-order valence-corrected chi connectivity index (χ3v) is 7.36. The highest BCUT2D eigenvalue weighted by Gasteiger charge is 2.27. The maximum atomic E-state index is 13.2. The van der Waals surface area contributed by atoms with Crippen LogP contribution in [-0.4, -0.2) is 53.3 Å². The number of fused-ring (bicyclic) bond motifs is 2. The Kier molecular flexibility index (Phi) is 4.91. The first-order valence-corrected chi connectivity index (χ1v) is 12.0. The van der Waals surface area contributed by atoms with Crippen LogP contribution < -0.4 is 10.2 Å². The summed E-state index contributed by atoms with van der Waals surface area (Å²) in [6, 6.07) is 13.3. The summed E-state index contributed by atoms with van der Waals surface area (Å²) in [4.78, 5) is 23.1. The normalized spacial score (nSPS) is 16.5. The molecule has 1 saturated heterocycles. The van der Waals surface area contributed by atoms with Crippen molar-refractivity contribution in [2.45, 2.75) is 6.54 Å². The van der Waals surface area contributed by atoms with Gasteiger partial charge >= 0.3 is 0 Å². The number of hydrogen-bond donors (Lipinski definition) is 2. The first kappa shape index (κ1) is 19.7. The number of nitrogens with zero attached hydrogens (tertiary/aromatic N) is 3. The van der Waals surface area contributed by atoms with Crippen molar-refractivity contribution in [2.75, 3.05) is 29.9 Å². The van der Waals surface area contributed by atoms with Gasteiger partial charge in [0.2, 0.25) is 5.82 Å². The number of benzene rings is 1. The molecule has 1 aliphatic heterocycles. The Morgan fingerprint density at radius 2 is 1.94 bits per heavy atom. The highest BCUT2D eigenvalue weighted by atomic mass is 32.2. The van der Waals surface area contributed by atoms with Crippen molar-refractivity contribution in [2.24, 2.45) is 0 Å². The molecule has 0 spiro atoms. The van der Waals surface area contributed by atoms with Crippen LogP contribution in [-0.2, 0) is 16.4 Å². The Labute approximate surface area is 179 Å². The minimum absolute atomic E-state index is 0.192. The van der Waals surface area contributed by atoms with E-state index in [4.69, 9.17) is 0 Å². The highest BCUT2D eigenvalue weighted by Crippen LogP contribution is 2.23. The maximum absolute atomic E-state index is 13.2. The zero-order valence-corrected chi connectivity index (χ0v) is 17.6. The first-order chi connectivity index (χ1) is 15.0. The number of sulfone groups is 1. The molecular formula is C22H22N5O3S+. The van der Waals surface area contributed by atoms with E-state index in [2.05, 4.69) is 15.3 Å². The molecule has 31 heavy (non-hydrogen) atoms. The van der Waals surface area contributed by atoms with E-state index < -0.39 is 9.84 Å². The number of hydrogen-bond acceptors (Lipinski definition) is 5. The number of carbonyl (C=O) groups excluding carboxylic acids is 1. The van der Waals surface area contributed by atoms with Gasteiger partial charge in [0.1, 0.15) is 12.2 Å². The summed E-state index contributed by atoms with van der Waals surface area (Å²) >= 11 is 0. The number of quaternary nitrogens is 1. The molecule has 2 N–H and O–H groups in total. The number of nitrogens with one attached hydrogen (secondary N) is 2. The van der Waals surface area contributed by atoms with E-state index in [0.29, 0.717) is 31.1 Å². The molecule has 4 heterocycles. The van der Waals surface area contributed by atoms with Crippen molar-refractivity contribution < 1.29 is 18.1 Å². The van der Waals surface area contributed by atoms with E-state index >= 15 is 0 Å². The van der Waals surface area contributed by atoms with Crippen molar-refractivity contribution >= 4 is 37.7 Å². The summed E-state index contributed by atoms with van der Waals surface area (Å²) < 4.78 is 25.3. The molecule has 9 heteroatoms. The molecule has 5 rings (SSSR count). The molecule has 158 valence electrons. The van der Waals surface area contributed by atoms with Gasteiger partial charge in [0, 0.05) is 35.1 Å². The average molecular weight is 437 g/mol. The Morgan fingerprint density at radius 3 is 2.77 bits per heavy atom. The van der Waals surface area contributed by atoms with Crippen LogP contribution in [0.15, 0.2) is 61.1 Å². The molecule has 0 atom stereocenters. The summed E-state index contributed by atoms with van der Waals surface area (Å²) in [5.41, 5.74) is 2.35. The van der Waals surface area contributed by atoms with Gasteiger partial charge in [-0.15, -0.1) is 0 Å². The van der Waals surface area contributed by atoms with E-state index in [0.717, 1.165) is 26.9 Å². The predicted octanol–water partition coefficient (Wildman–Crippen LogP) is 0.948. The Balaban J connectivity index is 1.45. The summed E-state index contributed by atoms with van der Waals surface area (Å²) in [7, 11) is -2.93. The smallest absolute Gasteiger partial charge is 0.292 e. The van der Waals surface area contributed by atoms with Crippen LogP contribution in [0, 0.1) is 0 Å². The van der Waals surface area contributed by atoms with E-state index in [1.807, 2.05) is 48.7 Å². The van der Waals surface area contributed by atoms with Gasteiger partial charge in [0.25, 0.3) is 5.91 Å². The zero-order chi connectivity index (χ0) is 21.4. The second-order valence-electron chi connectivity index (χ2n) is 7.77. The monoisotopic (exact) mass is 436 g/mol. The van der Waals surface area contributed by atoms with Gasteiger partial charge in [-0.05, 0) is 24.3 Å². The second kappa shape index (κ2) is 7.75. The molecule has 0 bridgehead atoms. The lowest BCUT2D eigenvalue weighted by Crippen LogP contribution is -3.13. The molecule has 4 aromatic rings. The van der Waals surface area contributed by atoms with Crippen LogP contribution in [0.1, 0.15) is 16.3 Å². The van der Waals surface area contributed by atoms with Gasteiger partial charge in [-0.2, -0.15) is 0 Å². The number of carbonyl (C=O) groups is 1. The van der Waals surface area contributed by atoms with Gasteiger partial charge in [0.15, 0.2) is 9.84 Å². The molecule has 8 nitrogen and oxygen atoms in total. The molecule has 1 aromatic carbocycles. The minimum Gasteiger partial charge on any atom is -0.328 e. The lowest BCUT2D eigenvalue weighted by molar-refractivity contribution is -0.910. The van der Waals surface area contributed by atoms with Gasteiger partial charge in [-0.25, -0.2) is 13.4 Å². The average Bonchev–Trinajstić information content (AvgIpc) is 3.14. The van der Waals surface area contributed by atoms with E-state index in [9.17, 15) is 13.2 Å². The number of pyridine rings is 2. The standard InChI is InChI=1S/C22H21N5O3S/c28-22(25-18-5-3-4-16-14-23-8-7-17(16)18)21-24-19(20-6-1-2-9-27(20)21)15-26-10-12-31(29,30)13-11-26/h1-9,14H,10-13,15H2,(H,25,28)/p+1. The molecule has 0 aliphatic carbocycles. The molecule has 3 aromatic heterocycles. The van der Waals surface area contributed by atoms with Gasteiger partial charge < -0.3 is 10.2 Å². The third kappa shape index (κ3) is 3.89. The van der Waals surface area contributed by atoms with Crippen LogP contribution in [0.2, 0.25) is 0 Å². The number of aromatic nitrogens is 3. The Hall–Kier alpha value is -3.30. The van der Waals surface area contributed by atoms with Crippen LogP contribution in [0.5, 0.6) is 0 Å². The molecule has 1 aliphatic rings. The Morgan fingerprint density at radius 1 is 1.10 bits per heavy atom. The topological polar surface area (TPSA) is 97.9 Å². The fraction of sp³-hybridized carbons (Fsp3) is 0.227. The summed E-state index contributed by atoms with van der Waals surface area (Å²) in [5, 5.41) is 4.84. The number of rotatable bonds is 4. The predicted molar refractivity (Wildman–Crippen MR) is 118 cm³/mol. The molecular weight excluding hydrogens is 414 g/mol. The molecule has 1 amide bonds. The lowest BCUT2D eigenvalue weighted by atomic mass is 10.1. The SMILES string of the molecule is O=C(Nc1cccc2cnccc12)c1nc(C[NH+]2CCS(=O)(=O)CC2)c2ccccn12. The van der Waals surface area contributed by atoms with Crippen molar-refractivity contribution in [3.8, 4) is 0 Å². The van der Waals surface area contributed by atoms with Crippen molar-refractivity contribution in [3.63, 3.8) is 0 Å². The Bertz CT molecular complexity index is 1380. The van der Waals surface area contributed by atoms with Crippen molar-refractivity contribution in [3.05, 3.63) is 72.6 Å². The minimum atomic E-state index is -2.93. The van der Waals surface area contributed by atoms with E-state index in [1.165, 1.54) is 0 Å². The second-order valence-corrected chi connectivity index (χ2v) is 10.1. The van der Waals surface area contributed by atoms with Crippen LogP contribution >= 0.6 is 0 Å². The molecule has 0 saturated carbocycles. The zero-order valence-electron chi connectivity index (χ0n) is 16.8. The number of amides is 1. The van der Waals surface area contributed by atoms with Crippen LogP contribution in [0.25, 0.3) is 16.3 Å². The van der Waals surface area contributed by atoms with Gasteiger partial charge in [0.05, 0.1) is 30.1 Å². The van der Waals surface area contributed by atoms with Crippen molar-refractivity contribution in [1.82, 2.24) is 14.4 Å². The summed E-state index contributed by atoms with van der Waals surface area (Å²) in [6.07, 6.45) is 5.28.